The molecule has 1 fully saturated rings. The Morgan fingerprint density at radius 1 is 1.36 bits per heavy atom. The molecule has 0 radical (unpaired) electrons. The third-order valence-corrected chi connectivity index (χ3v) is 5.12. The number of rotatable bonds is 7. The van der Waals surface area contributed by atoms with E-state index < -0.39 is 0 Å². The fraction of sp³-hybridized carbons (Fsp3) is 0.571. The van der Waals surface area contributed by atoms with Crippen LogP contribution >= 0.6 is 22.7 Å². The van der Waals surface area contributed by atoms with Crippen molar-refractivity contribution in [3.63, 3.8) is 0 Å². The summed E-state index contributed by atoms with van der Waals surface area (Å²) in [4.78, 5) is 16.5. The molecule has 0 aliphatic heterocycles. The summed E-state index contributed by atoms with van der Waals surface area (Å²) in [5, 5.41) is 18.2. The van der Waals surface area contributed by atoms with Gasteiger partial charge in [-0.15, -0.1) is 21.5 Å². The second kappa shape index (κ2) is 6.70. The van der Waals surface area contributed by atoms with Crippen molar-refractivity contribution in [2.45, 2.75) is 39.0 Å². The highest BCUT2D eigenvalue weighted by Crippen LogP contribution is 2.42. The largest absolute Gasteiger partial charge is 0.361 e. The number of carbonyl (C=O) groups excluding carboxylic acids is 1. The zero-order chi connectivity index (χ0) is 15.5. The summed E-state index contributed by atoms with van der Waals surface area (Å²) < 4.78 is 0. The van der Waals surface area contributed by atoms with E-state index in [1.54, 1.807) is 5.38 Å². The Kier molecular flexibility index (Phi) is 4.68. The Morgan fingerprint density at radius 3 is 2.91 bits per heavy atom. The van der Waals surface area contributed by atoms with E-state index in [0.717, 1.165) is 23.1 Å². The van der Waals surface area contributed by atoms with E-state index in [1.807, 2.05) is 0 Å². The number of nitrogens with zero attached hydrogens (tertiary/aromatic N) is 3. The Hall–Kier alpha value is -1.54. The van der Waals surface area contributed by atoms with Crippen LogP contribution in [0.5, 0.6) is 0 Å². The molecule has 2 aromatic rings. The molecule has 22 heavy (non-hydrogen) atoms. The molecule has 0 saturated heterocycles. The zero-order valence-electron chi connectivity index (χ0n) is 12.6. The molecule has 6 nitrogen and oxygen atoms in total. The number of amides is 1. The van der Waals surface area contributed by atoms with Crippen LogP contribution in [0.2, 0.25) is 0 Å². The first-order valence-corrected chi connectivity index (χ1v) is 9.15. The van der Waals surface area contributed by atoms with Crippen molar-refractivity contribution in [2.24, 2.45) is 5.92 Å². The second-order valence-corrected chi connectivity index (χ2v) is 7.69. The second-order valence-electron chi connectivity index (χ2n) is 5.82. The molecule has 1 saturated carbocycles. The Bertz CT molecular complexity index is 647. The summed E-state index contributed by atoms with van der Waals surface area (Å²) in [6.45, 7) is 5.23. The fourth-order valence-corrected chi connectivity index (χ4v) is 3.50. The predicted molar refractivity (Wildman–Crippen MR) is 89.9 cm³/mol. The molecule has 1 aliphatic rings. The predicted octanol–water partition coefficient (Wildman–Crippen LogP) is 3.58. The van der Waals surface area contributed by atoms with Gasteiger partial charge in [0.25, 0.3) is 5.91 Å². The Labute approximate surface area is 137 Å². The summed E-state index contributed by atoms with van der Waals surface area (Å²) >= 11 is 2.90. The van der Waals surface area contributed by atoms with Crippen LogP contribution in [0.25, 0.3) is 0 Å². The highest BCUT2D eigenvalue weighted by molar-refractivity contribution is 7.15. The van der Waals surface area contributed by atoms with E-state index in [1.165, 1.54) is 35.5 Å². The topological polar surface area (TPSA) is 79.8 Å². The molecule has 3 rings (SSSR count). The van der Waals surface area contributed by atoms with Crippen LogP contribution in [-0.4, -0.2) is 27.6 Å². The lowest BCUT2D eigenvalue weighted by atomic mass is 10.1. The highest BCUT2D eigenvalue weighted by Gasteiger charge is 2.27. The summed E-state index contributed by atoms with van der Waals surface area (Å²) in [6, 6.07) is 0. The molecule has 8 heteroatoms. The molecule has 2 N–H and O–H groups in total. The maximum absolute atomic E-state index is 12.1. The third kappa shape index (κ3) is 4.01. The number of anilines is 2. The van der Waals surface area contributed by atoms with Gasteiger partial charge >= 0.3 is 0 Å². The van der Waals surface area contributed by atoms with Crippen molar-refractivity contribution in [2.75, 3.05) is 17.2 Å². The average molecular weight is 337 g/mol. The maximum Gasteiger partial charge on any atom is 0.277 e. The van der Waals surface area contributed by atoms with E-state index >= 15 is 0 Å². The standard InChI is InChI=1S/C14H19N5OS2/c1-8(2)5-6-15-13-16-10(7-21-13)11(20)17-14-19-18-12(22-14)9-3-4-9/h7-9H,3-6H2,1-2H3,(H,15,16)(H,17,19,20). The lowest BCUT2D eigenvalue weighted by Crippen LogP contribution is -2.12. The van der Waals surface area contributed by atoms with Gasteiger partial charge < -0.3 is 5.32 Å². The molecular weight excluding hydrogens is 318 g/mol. The van der Waals surface area contributed by atoms with Crippen molar-refractivity contribution < 1.29 is 4.79 Å². The van der Waals surface area contributed by atoms with Crippen molar-refractivity contribution >= 4 is 38.8 Å². The average Bonchev–Trinajstić information content (AvgIpc) is 3.03. The maximum atomic E-state index is 12.1. The zero-order valence-corrected chi connectivity index (χ0v) is 14.3. The van der Waals surface area contributed by atoms with Gasteiger partial charge in [0, 0.05) is 17.8 Å². The first-order valence-electron chi connectivity index (χ1n) is 7.46. The van der Waals surface area contributed by atoms with Gasteiger partial charge in [-0.25, -0.2) is 4.98 Å². The van der Waals surface area contributed by atoms with E-state index in [4.69, 9.17) is 0 Å². The van der Waals surface area contributed by atoms with Crippen LogP contribution in [0, 0.1) is 5.92 Å². The minimum Gasteiger partial charge on any atom is -0.361 e. The van der Waals surface area contributed by atoms with Gasteiger partial charge in [-0.05, 0) is 25.2 Å². The van der Waals surface area contributed by atoms with Gasteiger partial charge in [0.05, 0.1) is 0 Å². The van der Waals surface area contributed by atoms with Gasteiger partial charge in [-0.1, -0.05) is 25.2 Å². The minimum absolute atomic E-state index is 0.230. The van der Waals surface area contributed by atoms with E-state index in [-0.39, 0.29) is 5.91 Å². The Morgan fingerprint density at radius 2 is 2.18 bits per heavy atom. The summed E-state index contributed by atoms with van der Waals surface area (Å²) in [6.07, 6.45) is 3.44. The van der Waals surface area contributed by atoms with Gasteiger partial charge in [0.15, 0.2) is 5.13 Å². The monoisotopic (exact) mass is 337 g/mol. The van der Waals surface area contributed by atoms with Crippen molar-refractivity contribution in [3.05, 3.63) is 16.1 Å². The van der Waals surface area contributed by atoms with E-state index in [2.05, 4.69) is 39.7 Å². The number of aromatic nitrogens is 3. The number of thiazole rings is 1. The summed E-state index contributed by atoms with van der Waals surface area (Å²) in [7, 11) is 0. The quantitative estimate of drug-likeness (QED) is 0.807. The van der Waals surface area contributed by atoms with Crippen molar-refractivity contribution in [1.29, 1.82) is 0 Å². The van der Waals surface area contributed by atoms with Crippen molar-refractivity contribution in [3.8, 4) is 0 Å². The van der Waals surface area contributed by atoms with Crippen LogP contribution in [0.1, 0.15) is 54.5 Å². The van der Waals surface area contributed by atoms with Gasteiger partial charge in [-0.2, -0.15) is 0 Å². The molecule has 0 bridgehead atoms. The molecule has 1 amide bonds. The number of hydrogen-bond acceptors (Lipinski definition) is 7. The lowest BCUT2D eigenvalue weighted by Gasteiger charge is -2.04. The first kappa shape index (κ1) is 15.4. The molecular formula is C14H19N5OS2. The fourth-order valence-electron chi connectivity index (χ4n) is 1.87. The molecule has 0 aromatic carbocycles. The number of nitrogens with one attached hydrogen (secondary N) is 2. The highest BCUT2D eigenvalue weighted by atomic mass is 32.1. The first-order chi connectivity index (χ1) is 10.6. The molecule has 0 atom stereocenters. The molecule has 1 aliphatic carbocycles. The summed E-state index contributed by atoms with van der Waals surface area (Å²) in [5.41, 5.74) is 0.417. The molecule has 0 spiro atoms. The molecule has 0 unspecified atom stereocenters. The third-order valence-electron chi connectivity index (χ3n) is 3.32. The molecule has 118 valence electrons. The van der Waals surface area contributed by atoms with Crippen LogP contribution in [0.4, 0.5) is 10.3 Å². The van der Waals surface area contributed by atoms with Crippen LogP contribution < -0.4 is 10.6 Å². The minimum atomic E-state index is -0.230. The van der Waals surface area contributed by atoms with Crippen molar-refractivity contribution in [1.82, 2.24) is 15.2 Å². The van der Waals surface area contributed by atoms with Crippen LogP contribution in [0.15, 0.2) is 5.38 Å². The number of hydrogen-bond donors (Lipinski definition) is 2. The molecule has 2 aromatic heterocycles. The SMILES string of the molecule is CC(C)CCNc1nc(C(=O)Nc2nnc(C3CC3)s2)cs1. The van der Waals surface area contributed by atoms with Gasteiger partial charge in [-0.3, -0.25) is 10.1 Å². The van der Waals surface area contributed by atoms with Gasteiger partial charge in [0.2, 0.25) is 5.13 Å². The smallest absolute Gasteiger partial charge is 0.277 e. The normalized spacial score (nSPS) is 14.3. The van der Waals surface area contributed by atoms with Crippen LogP contribution in [0.3, 0.4) is 0 Å². The number of carbonyl (C=O) groups is 1. The van der Waals surface area contributed by atoms with E-state index in [9.17, 15) is 4.79 Å². The van der Waals surface area contributed by atoms with Crippen LogP contribution in [-0.2, 0) is 0 Å². The van der Waals surface area contributed by atoms with E-state index in [0.29, 0.717) is 22.7 Å². The van der Waals surface area contributed by atoms with Gasteiger partial charge in [0.1, 0.15) is 10.7 Å². The molecule has 2 heterocycles. The summed E-state index contributed by atoms with van der Waals surface area (Å²) in [5.74, 6) is 0.971. The Balaban J connectivity index is 1.54. The lowest BCUT2D eigenvalue weighted by molar-refractivity contribution is 0.102.